The Bertz CT molecular complexity index is 938. The molecule has 0 fully saturated rings. The zero-order chi connectivity index (χ0) is 19.9. The first-order valence-electron chi connectivity index (χ1n) is 8.80. The van der Waals surface area contributed by atoms with Gasteiger partial charge in [-0.25, -0.2) is 4.79 Å². The molecule has 0 spiro atoms. The van der Waals surface area contributed by atoms with Gasteiger partial charge in [-0.1, -0.05) is 42.5 Å². The Hall–Kier alpha value is -3.75. The molecule has 0 saturated carbocycles. The van der Waals surface area contributed by atoms with Gasteiger partial charge >= 0.3 is 6.03 Å². The highest BCUT2D eigenvalue weighted by Gasteiger charge is 2.14. The number of carbonyl (C=O) groups is 2. The molecule has 0 radical (unpaired) electrons. The molecule has 0 saturated heterocycles. The molecule has 0 aliphatic carbocycles. The molecular formula is C19H21N7O2. The predicted octanol–water partition coefficient (Wildman–Crippen LogP) is 1.58. The van der Waals surface area contributed by atoms with Crippen LogP contribution in [0.25, 0.3) is 11.4 Å². The molecule has 1 heterocycles. The Labute approximate surface area is 161 Å². The monoisotopic (exact) mass is 379 g/mol. The molecule has 28 heavy (non-hydrogen) atoms. The lowest BCUT2D eigenvalue weighted by Gasteiger charge is -2.14. The van der Waals surface area contributed by atoms with E-state index in [1.54, 1.807) is 11.7 Å². The smallest absolute Gasteiger partial charge is 0.318 e. The molecule has 3 aromatic rings. The van der Waals surface area contributed by atoms with Crippen LogP contribution >= 0.6 is 0 Å². The number of nitrogens with two attached hydrogens (primary N) is 1. The maximum Gasteiger partial charge on any atom is 0.318 e. The number of imide groups is 1. The zero-order valence-electron chi connectivity index (χ0n) is 15.4. The summed E-state index contributed by atoms with van der Waals surface area (Å²) < 4.78 is 0. The number of aromatic nitrogens is 4. The number of amides is 3. The second-order valence-electron chi connectivity index (χ2n) is 6.24. The van der Waals surface area contributed by atoms with E-state index < -0.39 is 18.0 Å². The third-order valence-corrected chi connectivity index (χ3v) is 4.06. The van der Waals surface area contributed by atoms with E-state index in [1.807, 2.05) is 59.9 Å². The molecule has 0 aliphatic rings. The van der Waals surface area contributed by atoms with E-state index in [0.717, 1.165) is 23.2 Å². The molecule has 4 N–H and O–H groups in total. The third kappa shape index (κ3) is 5.13. The number of nitrogens with zero attached hydrogens (tertiary/aromatic N) is 4. The Morgan fingerprint density at radius 2 is 1.82 bits per heavy atom. The van der Waals surface area contributed by atoms with E-state index in [-0.39, 0.29) is 0 Å². The van der Waals surface area contributed by atoms with Gasteiger partial charge in [0.25, 0.3) is 0 Å². The second kappa shape index (κ2) is 8.76. The number of hydrogen-bond acceptors (Lipinski definition) is 6. The molecule has 144 valence electrons. The molecule has 0 aliphatic heterocycles. The Morgan fingerprint density at radius 1 is 1.11 bits per heavy atom. The standard InChI is InChI=1S/C19H21N7O2/c1-13(18(27)22-19(20)28)21-16-9-7-14(8-10-16)11-12-26-24-17(23-25-26)15-5-3-2-4-6-15/h2-10,13,21H,11-12H2,1H3,(H3,20,22,27,28)/t13-/m0/s1. The molecule has 1 atom stereocenters. The van der Waals surface area contributed by atoms with Crippen molar-refractivity contribution in [3.05, 3.63) is 60.2 Å². The summed E-state index contributed by atoms with van der Waals surface area (Å²) in [6, 6.07) is 15.9. The fourth-order valence-electron chi connectivity index (χ4n) is 2.58. The number of urea groups is 1. The number of anilines is 1. The highest BCUT2D eigenvalue weighted by Crippen LogP contribution is 2.13. The highest BCUT2D eigenvalue weighted by molar-refractivity contribution is 5.97. The van der Waals surface area contributed by atoms with E-state index in [1.165, 1.54) is 0 Å². The van der Waals surface area contributed by atoms with Crippen molar-refractivity contribution in [3.8, 4) is 11.4 Å². The van der Waals surface area contributed by atoms with Crippen molar-refractivity contribution >= 4 is 17.6 Å². The van der Waals surface area contributed by atoms with Crippen molar-refractivity contribution in [2.45, 2.75) is 25.9 Å². The minimum Gasteiger partial charge on any atom is -0.374 e. The first kappa shape index (κ1) is 19.0. The van der Waals surface area contributed by atoms with Crippen LogP contribution in [0.15, 0.2) is 54.6 Å². The number of rotatable bonds is 7. The van der Waals surface area contributed by atoms with Gasteiger partial charge in [0.2, 0.25) is 11.7 Å². The minimum absolute atomic E-state index is 0.483. The molecular weight excluding hydrogens is 358 g/mol. The van der Waals surface area contributed by atoms with E-state index in [0.29, 0.717) is 12.4 Å². The average Bonchev–Trinajstić information content (AvgIpc) is 3.17. The number of benzene rings is 2. The quantitative estimate of drug-likeness (QED) is 0.572. The van der Waals surface area contributed by atoms with Gasteiger partial charge in [0.05, 0.1) is 6.54 Å². The second-order valence-corrected chi connectivity index (χ2v) is 6.24. The fourth-order valence-corrected chi connectivity index (χ4v) is 2.58. The van der Waals surface area contributed by atoms with Crippen LogP contribution in [0.5, 0.6) is 0 Å². The SMILES string of the molecule is C[C@H](Nc1ccc(CCn2nnc(-c3ccccc3)n2)cc1)C(=O)NC(N)=O. The van der Waals surface area contributed by atoms with Crippen molar-refractivity contribution in [3.63, 3.8) is 0 Å². The summed E-state index contributed by atoms with van der Waals surface area (Å²) in [5.41, 5.74) is 7.73. The fraction of sp³-hybridized carbons (Fsp3) is 0.211. The van der Waals surface area contributed by atoms with Crippen LogP contribution in [0.4, 0.5) is 10.5 Å². The zero-order valence-corrected chi connectivity index (χ0v) is 15.4. The summed E-state index contributed by atoms with van der Waals surface area (Å²) >= 11 is 0. The largest absolute Gasteiger partial charge is 0.374 e. The number of aryl methyl sites for hydroxylation is 2. The molecule has 9 nitrogen and oxygen atoms in total. The van der Waals surface area contributed by atoms with Gasteiger partial charge in [-0.15, -0.1) is 10.2 Å². The maximum absolute atomic E-state index is 11.7. The van der Waals surface area contributed by atoms with Crippen LogP contribution in [-0.2, 0) is 17.8 Å². The summed E-state index contributed by atoms with van der Waals surface area (Å²) in [6.45, 7) is 2.25. The lowest BCUT2D eigenvalue weighted by molar-refractivity contribution is -0.120. The topological polar surface area (TPSA) is 128 Å². The van der Waals surface area contributed by atoms with Gasteiger partial charge in [-0.3, -0.25) is 10.1 Å². The lowest BCUT2D eigenvalue weighted by Crippen LogP contribution is -2.43. The number of nitrogens with one attached hydrogen (secondary N) is 2. The molecule has 0 bridgehead atoms. The van der Waals surface area contributed by atoms with Gasteiger partial charge in [0, 0.05) is 11.3 Å². The summed E-state index contributed by atoms with van der Waals surface area (Å²) in [7, 11) is 0. The van der Waals surface area contributed by atoms with E-state index in [4.69, 9.17) is 5.73 Å². The molecule has 1 aromatic heterocycles. The van der Waals surface area contributed by atoms with Crippen LogP contribution in [-0.4, -0.2) is 38.2 Å². The van der Waals surface area contributed by atoms with Gasteiger partial charge in [0.15, 0.2) is 0 Å². The van der Waals surface area contributed by atoms with Crippen LogP contribution in [0.1, 0.15) is 12.5 Å². The minimum atomic E-state index is -0.869. The van der Waals surface area contributed by atoms with Crippen molar-refractivity contribution in [1.82, 2.24) is 25.5 Å². The molecule has 2 aromatic carbocycles. The molecule has 9 heteroatoms. The van der Waals surface area contributed by atoms with Crippen LogP contribution in [0.2, 0.25) is 0 Å². The number of primary amides is 1. The van der Waals surface area contributed by atoms with Gasteiger partial charge < -0.3 is 11.1 Å². The first-order chi connectivity index (χ1) is 13.5. The third-order valence-electron chi connectivity index (χ3n) is 4.06. The van der Waals surface area contributed by atoms with Crippen LogP contribution < -0.4 is 16.4 Å². The van der Waals surface area contributed by atoms with E-state index >= 15 is 0 Å². The average molecular weight is 379 g/mol. The summed E-state index contributed by atoms with van der Waals surface area (Å²) in [5.74, 6) is 0.117. The lowest BCUT2D eigenvalue weighted by atomic mass is 10.1. The van der Waals surface area contributed by atoms with E-state index in [9.17, 15) is 9.59 Å². The number of carbonyl (C=O) groups excluding carboxylic acids is 2. The predicted molar refractivity (Wildman–Crippen MR) is 104 cm³/mol. The Morgan fingerprint density at radius 3 is 2.50 bits per heavy atom. The van der Waals surface area contributed by atoms with Crippen molar-refractivity contribution in [2.24, 2.45) is 5.73 Å². The van der Waals surface area contributed by atoms with Crippen molar-refractivity contribution in [2.75, 3.05) is 5.32 Å². The van der Waals surface area contributed by atoms with Crippen LogP contribution in [0, 0.1) is 0 Å². The van der Waals surface area contributed by atoms with E-state index in [2.05, 4.69) is 20.7 Å². The van der Waals surface area contributed by atoms with Gasteiger partial charge in [-0.2, -0.15) is 4.80 Å². The van der Waals surface area contributed by atoms with Crippen molar-refractivity contribution < 1.29 is 9.59 Å². The Balaban J connectivity index is 1.53. The normalized spacial score (nSPS) is 11.6. The summed E-state index contributed by atoms with van der Waals surface area (Å²) in [5, 5.41) is 17.6. The van der Waals surface area contributed by atoms with Gasteiger partial charge in [-0.05, 0) is 36.3 Å². The molecule has 0 unspecified atom stereocenters. The number of tetrazole rings is 1. The Kier molecular flexibility index (Phi) is 5.95. The van der Waals surface area contributed by atoms with Crippen molar-refractivity contribution in [1.29, 1.82) is 0 Å². The molecule has 3 amide bonds. The van der Waals surface area contributed by atoms with Crippen LogP contribution in [0.3, 0.4) is 0 Å². The maximum atomic E-state index is 11.7. The first-order valence-corrected chi connectivity index (χ1v) is 8.80. The molecule has 3 rings (SSSR count). The number of hydrogen-bond donors (Lipinski definition) is 3. The summed E-state index contributed by atoms with van der Waals surface area (Å²) in [6.07, 6.45) is 0.739. The van der Waals surface area contributed by atoms with Gasteiger partial charge in [0.1, 0.15) is 6.04 Å². The highest BCUT2D eigenvalue weighted by atomic mass is 16.2. The summed E-state index contributed by atoms with van der Waals surface area (Å²) in [4.78, 5) is 24.0.